The average Bonchev–Trinajstić information content (AvgIpc) is 2.85. The Morgan fingerprint density at radius 3 is 2.59 bits per heavy atom. The molecule has 1 aromatic carbocycles. The van der Waals surface area contributed by atoms with Gasteiger partial charge in [0.25, 0.3) is 0 Å². The van der Waals surface area contributed by atoms with Gasteiger partial charge >= 0.3 is 0 Å². The van der Waals surface area contributed by atoms with Gasteiger partial charge in [0.2, 0.25) is 0 Å². The van der Waals surface area contributed by atoms with Crippen LogP contribution in [0.2, 0.25) is 0 Å². The first-order valence-corrected chi connectivity index (χ1v) is 7.06. The van der Waals surface area contributed by atoms with E-state index >= 15 is 0 Å². The number of para-hydroxylation sites is 2. The molecule has 5 heteroatoms. The van der Waals surface area contributed by atoms with Crippen LogP contribution in [0.15, 0.2) is 30.8 Å². The zero-order valence-corrected chi connectivity index (χ0v) is 13.2. The average molecular weight is 294 g/mol. The summed E-state index contributed by atoms with van der Waals surface area (Å²) in [5.74, 6) is 0.772. The number of rotatable bonds is 3. The maximum absolute atomic E-state index is 5.45. The van der Waals surface area contributed by atoms with Crippen LogP contribution in [-0.2, 0) is 0 Å². The molecule has 0 saturated carbocycles. The molecule has 22 heavy (non-hydrogen) atoms. The molecule has 2 aromatic heterocycles. The minimum atomic E-state index is 0.734. The van der Waals surface area contributed by atoms with Crippen molar-refractivity contribution in [3.05, 3.63) is 47.9 Å². The number of ether oxygens (including phenoxy) is 1. The van der Waals surface area contributed by atoms with E-state index in [2.05, 4.69) is 16.8 Å². The predicted molar refractivity (Wildman–Crippen MR) is 87.4 cm³/mol. The maximum Gasteiger partial charge on any atom is 0.144 e. The molecule has 5 nitrogen and oxygen atoms in total. The van der Waals surface area contributed by atoms with E-state index in [0.717, 1.165) is 45.0 Å². The van der Waals surface area contributed by atoms with E-state index in [1.807, 2.05) is 49.7 Å². The second-order valence-electron chi connectivity index (χ2n) is 5.31. The van der Waals surface area contributed by atoms with Crippen LogP contribution >= 0.6 is 0 Å². The number of fused-ring (bicyclic) bond motifs is 1. The van der Waals surface area contributed by atoms with Crippen molar-refractivity contribution in [1.82, 2.24) is 20.0 Å². The molecular formula is C17H18N4O. The van der Waals surface area contributed by atoms with Crippen LogP contribution in [0.1, 0.15) is 24.0 Å². The van der Waals surface area contributed by atoms with Crippen molar-refractivity contribution in [2.24, 2.45) is 0 Å². The van der Waals surface area contributed by atoms with Gasteiger partial charge in [-0.15, -0.1) is 5.10 Å². The predicted octanol–water partition coefficient (Wildman–Crippen LogP) is 3.47. The zero-order valence-electron chi connectivity index (χ0n) is 13.2. The molecule has 0 bridgehead atoms. The first kappa shape index (κ1) is 14.3. The van der Waals surface area contributed by atoms with Gasteiger partial charge in [0.05, 0.1) is 18.5 Å². The normalized spacial score (nSPS) is 10.9. The Labute approximate surface area is 129 Å². The van der Waals surface area contributed by atoms with Crippen LogP contribution in [-0.4, -0.2) is 27.1 Å². The Kier molecular flexibility index (Phi) is 3.41. The lowest BCUT2D eigenvalue weighted by molar-refractivity contribution is 0.411. The minimum Gasteiger partial charge on any atom is -0.494 e. The minimum absolute atomic E-state index is 0.734. The van der Waals surface area contributed by atoms with Gasteiger partial charge in [0.1, 0.15) is 22.6 Å². The summed E-state index contributed by atoms with van der Waals surface area (Å²) in [6.07, 6.45) is 0. The molecule has 112 valence electrons. The molecule has 0 unspecified atom stereocenters. The maximum atomic E-state index is 5.45. The van der Waals surface area contributed by atoms with Crippen molar-refractivity contribution >= 4 is 16.5 Å². The fourth-order valence-corrected chi connectivity index (χ4v) is 2.65. The highest BCUT2D eigenvalue weighted by atomic mass is 16.5. The third kappa shape index (κ3) is 2.06. The van der Waals surface area contributed by atoms with Crippen molar-refractivity contribution in [2.45, 2.75) is 20.8 Å². The molecule has 0 N–H and O–H groups in total. The highest BCUT2D eigenvalue weighted by Gasteiger charge is 2.18. The van der Waals surface area contributed by atoms with Crippen LogP contribution in [0.5, 0.6) is 5.75 Å². The van der Waals surface area contributed by atoms with Gasteiger partial charge in [-0.05, 0) is 38.5 Å². The third-order valence-electron chi connectivity index (χ3n) is 3.72. The highest BCUT2D eigenvalue weighted by molar-refractivity contribution is 5.91. The number of hydrogen-bond acceptors (Lipinski definition) is 4. The monoisotopic (exact) mass is 294 g/mol. The van der Waals surface area contributed by atoms with Crippen LogP contribution in [0.25, 0.3) is 22.2 Å². The number of aromatic nitrogens is 4. The number of methoxy groups -OCH3 is 1. The molecule has 0 aliphatic carbocycles. The summed E-state index contributed by atoms with van der Waals surface area (Å²) in [6, 6.07) is 7.81. The zero-order chi connectivity index (χ0) is 15.9. The Hall–Kier alpha value is -2.69. The van der Waals surface area contributed by atoms with Crippen LogP contribution in [0, 0.1) is 13.8 Å². The molecule has 0 spiro atoms. The van der Waals surface area contributed by atoms with Crippen LogP contribution < -0.4 is 4.74 Å². The fraction of sp³-hybridized carbons (Fsp3) is 0.235. The van der Waals surface area contributed by atoms with Gasteiger partial charge in [-0.25, -0.2) is 4.68 Å². The highest BCUT2D eigenvalue weighted by Crippen LogP contribution is 2.30. The van der Waals surface area contributed by atoms with Gasteiger partial charge in [-0.3, -0.25) is 0 Å². The summed E-state index contributed by atoms with van der Waals surface area (Å²) in [4.78, 5) is 0. The number of allylic oxidation sites excluding steroid dienone is 1. The Morgan fingerprint density at radius 1 is 1.18 bits per heavy atom. The van der Waals surface area contributed by atoms with Gasteiger partial charge in [-0.2, -0.15) is 10.2 Å². The molecule has 0 atom stereocenters. The molecule has 3 rings (SSSR count). The van der Waals surface area contributed by atoms with Gasteiger partial charge in [0.15, 0.2) is 0 Å². The quantitative estimate of drug-likeness (QED) is 0.742. The first-order chi connectivity index (χ1) is 10.5. The standard InChI is InChI=1S/C17H18N4O/c1-10(2)16-17-15(11(3)18-19-16)12(4)21(20-17)13-8-6-7-9-14(13)22-5/h6-9H,1H2,2-5H3. The second-order valence-corrected chi connectivity index (χ2v) is 5.31. The topological polar surface area (TPSA) is 52.8 Å². The molecule has 0 radical (unpaired) electrons. The molecule has 3 aromatic rings. The largest absolute Gasteiger partial charge is 0.494 e. The SMILES string of the molecule is C=C(C)c1nnc(C)c2c(C)n(-c3ccccc3OC)nc12. The van der Waals surface area contributed by atoms with E-state index in [1.165, 1.54) is 0 Å². The van der Waals surface area contributed by atoms with Crippen LogP contribution in [0.3, 0.4) is 0 Å². The smallest absolute Gasteiger partial charge is 0.144 e. The van der Waals surface area contributed by atoms with Crippen molar-refractivity contribution < 1.29 is 4.74 Å². The molecule has 0 aliphatic heterocycles. The Morgan fingerprint density at radius 2 is 1.91 bits per heavy atom. The lowest BCUT2D eigenvalue weighted by Crippen LogP contribution is -2.01. The molecule has 0 saturated heterocycles. The molecule has 0 amide bonds. The third-order valence-corrected chi connectivity index (χ3v) is 3.72. The molecule has 0 aliphatic rings. The number of hydrogen-bond donors (Lipinski definition) is 0. The summed E-state index contributed by atoms with van der Waals surface area (Å²) in [7, 11) is 1.66. The van der Waals surface area contributed by atoms with E-state index in [1.54, 1.807) is 7.11 Å². The lowest BCUT2D eigenvalue weighted by Gasteiger charge is -2.09. The van der Waals surface area contributed by atoms with E-state index in [0.29, 0.717) is 0 Å². The van der Waals surface area contributed by atoms with Crippen molar-refractivity contribution in [3.8, 4) is 11.4 Å². The summed E-state index contributed by atoms with van der Waals surface area (Å²) >= 11 is 0. The first-order valence-electron chi connectivity index (χ1n) is 7.06. The summed E-state index contributed by atoms with van der Waals surface area (Å²) in [6.45, 7) is 9.86. The van der Waals surface area contributed by atoms with Crippen molar-refractivity contribution in [3.63, 3.8) is 0 Å². The fourth-order valence-electron chi connectivity index (χ4n) is 2.65. The van der Waals surface area contributed by atoms with Crippen LogP contribution in [0.4, 0.5) is 0 Å². The summed E-state index contributed by atoms with van der Waals surface area (Å²) < 4.78 is 7.33. The van der Waals surface area contributed by atoms with E-state index in [4.69, 9.17) is 9.84 Å². The lowest BCUT2D eigenvalue weighted by atomic mass is 10.1. The Balaban J connectivity index is 2.37. The van der Waals surface area contributed by atoms with E-state index in [9.17, 15) is 0 Å². The number of nitrogens with zero attached hydrogens (tertiary/aromatic N) is 4. The van der Waals surface area contributed by atoms with Gasteiger partial charge in [0, 0.05) is 5.39 Å². The molecule has 0 fully saturated rings. The number of aryl methyl sites for hydroxylation is 2. The summed E-state index contributed by atoms with van der Waals surface area (Å²) in [5, 5.41) is 14.2. The van der Waals surface area contributed by atoms with E-state index < -0.39 is 0 Å². The Bertz CT molecular complexity index is 880. The second kappa shape index (κ2) is 5.26. The van der Waals surface area contributed by atoms with Gasteiger partial charge < -0.3 is 4.74 Å². The molecular weight excluding hydrogens is 276 g/mol. The van der Waals surface area contributed by atoms with Crippen molar-refractivity contribution in [1.29, 1.82) is 0 Å². The van der Waals surface area contributed by atoms with E-state index in [-0.39, 0.29) is 0 Å². The summed E-state index contributed by atoms with van der Waals surface area (Å²) in [5.41, 5.74) is 5.17. The van der Waals surface area contributed by atoms with Gasteiger partial charge in [-0.1, -0.05) is 18.7 Å². The molecule has 2 heterocycles. The number of benzene rings is 1. The van der Waals surface area contributed by atoms with Crippen molar-refractivity contribution in [2.75, 3.05) is 7.11 Å².